The molecule has 0 fully saturated rings. The second-order valence-electron chi connectivity index (χ2n) is 5.47. The van der Waals surface area contributed by atoms with E-state index in [2.05, 4.69) is 16.0 Å². The Labute approximate surface area is 152 Å². The van der Waals surface area contributed by atoms with Gasteiger partial charge < -0.3 is 9.47 Å². The number of rotatable bonds is 5. The molecule has 0 aliphatic heterocycles. The van der Waals surface area contributed by atoms with Crippen LogP contribution >= 0.6 is 0 Å². The third-order valence-corrected chi connectivity index (χ3v) is 3.80. The summed E-state index contributed by atoms with van der Waals surface area (Å²) in [5.74, 6) is 1.80. The van der Waals surface area contributed by atoms with Crippen molar-refractivity contribution in [1.82, 2.24) is 9.97 Å². The Balaban J connectivity index is 1.86. The van der Waals surface area contributed by atoms with Crippen molar-refractivity contribution in [3.05, 3.63) is 78.1 Å². The van der Waals surface area contributed by atoms with Gasteiger partial charge in [-0.2, -0.15) is 5.26 Å². The van der Waals surface area contributed by atoms with E-state index in [1.807, 2.05) is 44.2 Å². The molecular weight excluding hydrogens is 326 g/mol. The Morgan fingerprint density at radius 2 is 1.58 bits per heavy atom. The number of benzene rings is 2. The molecule has 1 heterocycles. The third kappa shape index (κ3) is 3.87. The maximum absolute atomic E-state index is 9.16. The molecule has 0 radical (unpaired) electrons. The minimum Gasteiger partial charge on any atom is -0.438 e. The van der Waals surface area contributed by atoms with Crippen LogP contribution in [0.3, 0.4) is 0 Å². The van der Waals surface area contributed by atoms with Crippen LogP contribution in [0.4, 0.5) is 0 Å². The van der Waals surface area contributed by atoms with E-state index in [0.29, 0.717) is 28.8 Å². The van der Waals surface area contributed by atoms with Gasteiger partial charge in [0.1, 0.15) is 23.9 Å². The first-order valence-corrected chi connectivity index (χ1v) is 8.10. The van der Waals surface area contributed by atoms with Crippen LogP contribution in [0.1, 0.15) is 25.0 Å². The lowest BCUT2D eigenvalue weighted by Crippen LogP contribution is -1.95. The number of nitriles is 1. The van der Waals surface area contributed by atoms with Gasteiger partial charge in [-0.05, 0) is 37.6 Å². The first kappa shape index (κ1) is 17.2. The standard InChI is InChI=1S/C21H17N3O2/c1-3-15(2)17-9-5-7-11-19(17)26-21-12-20(23-14-24-21)25-18-10-6-4-8-16(18)13-22/h3-12,14H,1-2H3/b15-3-. The normalized spacial score (nSPS) is 10.9. The van der Waals surface area contributed by atoms with Gasteiger partial charge in [0, 0.05) is 5.56 Å². The first-order valence-electron chi connectivity index (χ1n) is 8.10. The van der Waals surface area contributed by atoms with Crippen LogP contribution in [-0.2, 0) is 0 Å². The molecule has 0 atom stereocenters. The molecule has 0 N–H and O–H groups in total. The van der Waals surface area contributed by atoms with Crippen molar-refractivity contribution < 1.29 is 9.47 Å². The van der Waals surface area contributed by atoms with Gasteiger partial charge in [0.25, 0.3) is 0 Å². The number of para-hydroxylation sites is 2. The van der Waals surface area contributed by atoms with Crippen LogP contribution in [0, 0.1) is 11.3 Å². The summed E-state index contributed by atoms with van der Waals surface area (Å²) in [4.78, 5) is 8.24. The number of nitrogens with zero attached hydrogens (tertiary/aromatic N) is 3. The van der Waals surface area contributed by atoms with E-state index in [1.54, 1.807) is 30.3 Å². The Hall–Kier alpha value is -3.65. The largest absolute Gasteiger partial charge is 0.438 e. The summed E-state index contributed by atoms with van der Waals surface area (Å²) in [6, 6.07) is 18.4. The van der Waals surface area contributed by atoms with E-state index in [-0.39, 0.29) is 0 Å². The minimum absolute atomic E-state index is 0.304. The third-order valence-electron chi connectivity index (χ3n) is 3.80. The molecule has 0 saturated carbocycles. The Morgan fingerprint density at radius 3 is 2.27 bits per heavy atom. The summed E-state index contributed by atoms with van der Waals surface area (Å²) >= 11 is 0. The van der Waals surface area contributed by atoms with Crippen molar-refractivity contribution >= 4 is 5.57 Å². The van der Waals surface area contributed by atoms with Crippen molar-refractivity contribution in [1.29, 1.82) is 5.26 Å². The van der Waals surface area contributed by atoms with Crippen LogP contribution in [0.5, 0.6) is 23.3 Å². The molecule has 26 heavy (non-hydrogen) atoms. The summed E-state index contributed by atoms with van der Waals surface area (Å²) in [6.07, 6.45) is 3.39. The fourth-order valence-corrected chi connectivity index (χ4v) is 2.34. The number of ether oxygens (including phenoxy) is 2. The van der Waals surface area contributed by atoms with E-state index in [9.17, 15) is 0 Å². The van der Waals surface area contributed by atoms with E-state index >= 15 is 0 Å². The van der Waals surface area contributed by atoms with Crippen LogP contribution in [0.2, 0.25) is 0 Å². The molecule has 5 heteroatoms. The average molecular weight is 343 g/mol. The molecule has 3 aromatic rings. The first-order chi connectivity index (χ1) is 12.7. The minimum atomic E-state index is 0.304. The van der Waals surface area contributed by atoms with Crippen LogP contribution in [0.15, 0.2) is 67.0 Å². The summed E-state index contributed by atoms with van der Waals surface area (Å²) in [6.45, 7) is 4.00. The maximum atomic E-state index is 9.16. The van der Waals surface area contributed by atoms with Crippen LogP contribution in [0.25, 0.3) is 5.57 Å². The van der Waals surface area contributed by atoms with E-state index in [0.717, 1.165) is 11.1 Å². The van der Waals surface area contributed by atoms with Crippen molar-refractivity contribution in [3.8, 4) is 29.3 Å². The number of hydrogen-bond acceptors (Lipinski definition) is 5. The van der Waals surface area contributed by atoms with E-state index in [4.69, 9.17) is 14.7 Å². The number of hydrogen-bond donors (Lipinski definition) is 0. The molecule has 0 bridgehead atoms. The van der Waals surface area contributed by atoms with Crippen molar-refractivity contribution in [2.45, 2.75) is 13.8 Å². The Morgan fingerprint density at radius 1 is 0.962 bits per heavy atom. The SMILES string of the molecule is C/C=C(/C)c1ccccc1Oc1cc(Oc2ccccc2C#N)ncn1. The highest BCUT2D eigenvalue weighted by Gasteiger charge is 2.09. The fourth-order valence-electron chi connectivity index (χ4n) is 2.34. The Bertz CT molecular complexity index is 990. The molecule has 2 aromatic carbocycles. The van der Waals surface area contributed by atoms with Gasteiger partial charge in [-0.25, -0.2) is 9.97 Å². The molecule has 3 rings (SSSR count). The van der Waals surface area contributed by atoms with Gasteiger partial charge in [0.05, 0.1) is 11.6 Å². The van der Waals surface area contributed by atoms with E-state index in [1.165, 1.54) is 6.33 Å². The summed E-state index contributed by atoms with van der Waals surface area (Å²) in [5.41, 5.74) is 2.53. The number of allylic oxidation sites excluding steroid dienone is 2. The topological polar surface area (TPSA) is 68.0 Å². The highest BCUT2D eigenvalue weighted by molar-refractivity contribution is 5.69. The molecular formula is C21H17N3O2. The molecule has 0 aliphatic rings. The van der Waals surface area contributed by atoms with Gasteiger partial charge in [0.2, 0.25) is 11.8 Å². The lowest BCUT2D eigenvalue weighted by atomic mass is 10.1. The zero-order valence-corrected chi connectivity index (χ0v) is 14.5. The lowest BCUT2D eigenvalue weighted by molar-refractivity contribution is 0.432. The predicted octanol–water partition coefficient (Wildman–Crippen LogP) is 5.36. The van der Waals surface area contributed by atoms with Crippen LogP contribution < -0.4 is 9.47 Å². The van der Waals surface area contributed by atoms with Crippen molar-refractivity contribution in [3.63, 3.8) is 0 Å². The monoisotopic (exact) mass is 343 g/mol. The zero-order valence-electron chi connectivity index (χ0n) is 14.5. The van der Waals surface area contributed by atoms with Gasteiger partial charge in [0.15, 0.2) is 0 Å². The van der Waals surface area contributed by atoms with Crippen molar-refractivity contribution in [2.24, 2.45) is 0 Å². The predicted molar refractivity (Wildman–Crippen MR) is 99.1 cm³/mol. The molecule has 0 saturated heterocycles. The quantitative estimate of drug-likeness (QED) is 0.624. The summed E-state index contributed by atoms with van der Waals surface area (Å²) < 4.78 is 11.6. The summed E-state index contributed by atoms with van der Waals surface area (Å²) in [5, 5.41) is 9.16. The smallest absolute Gasteiger partial charge is 0.226 e. The van der Waals surface area contributed by atoms with Gasteiger partial charge >= 0.3 is 0 Å². The van der Waals surface area contributed by atoms with Crippen LogP contribution in [-0.4, -0.2) is 9.97 Å². The zero-order chi connectivity index (χ0) is 18.4. The average Bonchev–Trinajstić information content (AvgIpc) is 2.68. The second kappa shape index (κ2) is 7.95. The Kier molecular flexibility index (Phi) is 5.25. The lowest BCUT2D eigenvalue weighted by Gasteiger charge is -2.11. The van der Waals surface area contributed by atoms with Gasteiger partial charge in [-0.1, -0.05) is 36.4 Å². The molecule has 0 amide bonds. The van der Waals surface area contributed by atoms with Gasteiger partial charge in [-0.3, -0.25) is 0 Å². The number of aromatic nitrogens is 2. The van der Waals surface area contributed by atoms with E-state index < -0.39 is 0 Å². The molecule has 5 nitrogen and oxygen atoms in total. The van der Waals surface area contributed by atoms with Gasteiger partial charge in [-0.15, -0.1) is 0 Å². The molecule has 0 spiro atoms. The molecule has 0 unspecified atom stereocenters. The fraction of sp³-hybridized carbons (Fsp3) is 0.0952. The second-order valence-corrected chi connectivity index (χ2v) is 5.47. The maximum Gasteiger partial charge on any atom is 0.226 e. The highest BCUT2D eigenvalue weighted by Crippen LogP contribution is 2.31. The summed E-state index contributed by atoms with van der Waals surface area (Å²) in [7, 11) is 0. The highest BCUT2D eigenvalue weighted by atomic mass is 16.5. The molecule has 1 aromatic heterocycles. The molecule has 128 valence electrons. The van der Waals surface area contributed by atoms with Crippen molar-refractivity contribution in [2.75, 3.05) is 0 Å². The molecule has 0 aliphatic carbocycles.